The molecule has 0 aromatic heterocycles. The third-order valence-corrected chi connectivity index (χ3v) is 7.10. The van der Waals surface area contributed by atoms with Crippen LogP contribution in [0, 0.1) is 24.2 Å². The van der Waals surface area contributed by atoms with Crippen molar-refractivity contribution in [1.29, 1.82) is 5.26 Å². The Morgan fingerprint density at radius 3 is 2.42 bits per heavy atom. The highest BCUT2D eigenvalue weighted by atomic mass is 32.2. The van der Waals surface area contributed by atoms with Crippen molar-refractivity contribution in [3.05, 3.63) is 59.7 Å². The molecular weight excluding hydrogens is 320 g/mol. The molecule has 24 heavy (non-hydrogen) atoms. The summed E-state index contributed by atoms with van der Waals surface area (Å²) >= 11 is 0. The molecule has 1 fully saturated rings. The SMILES string of the molecule is Cc1ccc(S(=O)(=O)N2c3ccccc3C(C#N)C3CCC32)cc1. The van der Waals surface area contributed by atoms with Crippen LogP contribution in [-0.2, 0) is 10.0 Å². The molecule has 3 atom stereocenters. The van der Waals surface area contributed by atoms with Crippen molar-refractivity contribution in [2.45, 2.75) is 36.6 Å². The van der Waals surface area contributed by atoms with E-state index in [1.54, 1.807) is 16.4 Å². The first kappa shape index (κ1) is 15.2. The first-order valence-electron chi connectivity index (χ1n) is 8.13. The maximum atomic E-state index is 13.3. The van der Waals surface area contributed by atoms with E-state index in [9.17, 15) is 13.7 Å². The van der Waals surface area contributed by atoms with Crippen molar-refractivity contribution >= 4 is 15.7 Å². The Morgan fingerprint density at radius 1 is 1.08 bits per heavy atom. The molecule has 4 rings (SSSR count). The number of rotatable bonds is 2. The lowest BCUT2D eigenvalue weighted by atomic mass is 9.67. The summed E-state index contributed by atoms with van der Waals surface area (Å²) in [6, 6.07) is 16.7. The Morgan fingerprint density at radius 2 is 1.79 bits per heavy atom. The van der Waals surface area contributed by atoms with E-state index in [1.165, 1.54) is 0 Å². The van der Waals surface area contributed by atoms with Crippen molar-refractivity contribution in [2.75, 3.05) is 4.31 Å². The summed E-state index contributed by atoms with van der Waals surface area (Å²) < 4.78 is 28.1. The minimum atomic E-state index is -3.63. The summed E-state index contributed by atoms with van der Waals surface area (Å²) in [6.07, 6.45) is 1.71. The minimum Gasteiger partial charge on any atom is -0.263 e. The lowest BCUT2D eigenvalue weighted by Crippen LogP contribution is -2.55. The number of hydrogen-bond acceptors (Lipinski definition) is 3. The van der Waals surface area contributed by atoms with E-state index in [1.807, 2.05) is 43.3 Å². The third kappa shape index (κ3) is 2.06. The Labute approximate surface area is 142 Å². The van der Waals surface area contributed by atoms with Crippen LogP contribution >= 0.6 is 0 Å². The predicted molar refractivity (Wildman–Crippen MR) is 92.2 cm³/mol. The monoisotopic (exact) mass is 338 g/mol. The van der Waals surface area contributed by atoms with Crippen LogP contribution in [0.3, 0.4) is 0 Å². The third-order valence-electron chi connectivity index (χ3n) is 5.25. The number of sulfonamides is 1. The van der Waals surface area contributed by atoms with Crippen LogP contribution in [0.5, 0.6) is 0 Å². The predicted octanol–water partition coefficient (Wildman–Crippen LogP) is 3.59. The van der Waals surface area contributed by atoms with Gasteiger partial charge in [0.1, 0.15) is 0 Å². The molecule has 0 amide bonds. The van der Waals surface area contributed by atoms with Crippen molar-refractivity contribution in [3.8, 4) is 6.07 Å². The molecule has 5 heteroatoms. The number of fused-ring (bicyclic) bond motifs is 2. The topological polar surface area (TPSA) is 61.2 Å². The normalized spacial score (nSPS) is 25.2. The second-order valence-electron chi connectivity index (χ2n) is 6.59. The van der Waals surface area contributed by atoms with Gasteiger partial charge in [0.25, 0.3) is 10.0 Å². The van der Waals surface area contributed by atoms with Gasteiger partial charge in [0.15, 0.2) is 0 Å². The summed E-state index contributed by atoms with van der Waals surface area (Å²) in [5, 5.41) is 9.58. The summed E-state index contributed by atoms with van der Waals surface area (Å²) in [5.74, 6) is -0.130. The highest BCUT2D eigenvalue weighted by Gasteiger charge is 2.50. The highest BCUT2D eigenvalue weighted by Crippen LogP contribution is 2.52. The molecule has 3 unspecified atom stereocenters. The van der Waals surface area contributed by atoms with Gasteiger partial charge in [0, 0.05) is 12.0 Å². The molecule has 2 aromatic rings. The van der Waals surface area contributed by atoms with Gasteiger partial charge >= 0.3 is 0 Å². The minimum absolute atomic E-state index is 0.0881. The van der Waals surface area contributed by atoms with E-state index in [2.05, 4.69) is 6.07 Å². The van der Waals surface area contributed by atoms with Crippen LogP contribution in [0.1, 0.15) is 29.9 Å². The Kier molecular flexibility index (Phi) is 3.40. The molecule has 1 aliphatic heterocycles. The number of hydrogen-bond donors (Lipinski definition) is 0. The smallest absolute Gasteiger partial charge is 0.263 e. The molecule has 2 aromatic carbocycles. The molecule has 0 N–H and O–H groups in total. The molecule has 2 aliphatic rings. The average Bonchev–Trinajstić information content (AvgIpc) is 2.56. The van der Waals surface area contributed by atoms with Crippen LogP contribution in [0.2, 0.25) is 0 Å². The fraction of sp³-hybridized carbons (Fsp3) is 0.316. The van der Waals surface area contributed by atoms with Crippen LogP contribution < -0.4 is 4.31 Å². The van der Waals surface area contributed by atoms with Crippen LogP contribution in [0.25, 0.3) is 0 Å². The molecule has 1 heterocycles. The number of anilines is 1. The molecular formula is C19H18N2O2S. The first-order valence-corrected chi connectivity index (χ1v) is 9.57. The second kappa shape index (κ2) is 5.35. The summed E-state index contributed by atoms with van der Waals surface area (Å²) in [4.78, 5) is 0.309. The molecule has 1 aliphatic carbocycles. The van der Waals surface area contributed by atoms with Crippen molar-refractivity contribution in [2.24, 2.45) is 5.92 Å². The van der Waals surface area contributed by atoms with E-state index in [4.69, 9.17) is 0 Å². The largest absolute Gasteiger partial charge is 0.264 e. The van der Waals surface area contributed by atoms with Gasteiger partial charge < -0.3 is 0 Å². The lowest BCUT2D eigenvalue weighted by Gasteiger charge is -2.50. The van der Waals surface area contributed by atoms with E-state index < -0.39 is 10.0 Å². The maximum absolute atomic E-state index is 13.3. The van der Waals surface area contributed by atoms with Crippen molar-refractivity contribution in [3.63, 3.8) is 0 Å². The molecule has 4 nitrogen and oxygen atoms in total. The van der Waals surface area contributed by atoms with E-state index >= 15 is 0 Å². The van der Waals surface area contributed by atoms with Gasteiger partial charge in [0.05, 0.1) is 22.6 Å². The summed E-state index contributed by atoms with van der Waals surface area (Å²) in [7, 11) is -3.63. The second-order valence-corrected chi connectivity index (χ2v) is 8.40. The molecule has 1 saturated carbocycles. The van der Waals surface area contributed by atoms with Gasteiger partial charge in [-0.1, -0.05) is 35.9 Å². The standard InChI is InChI=1S/C19H18N2O2S/c1-13-6-8-14(9-7-13)24(22,23)21-18-5-3-2-4-15(18)17(12-20)16-10-11-19(16)21/h2-9,16-17,19H,10-11H2,1H3. The van der Waals surface area contributed by atoms with Crippen molar-refractivity contribution in [1.82, 2.24) is 0 Å². The average molecular weight is 338 g/mol. The Hall–Kier alpha value is -2.32. The van der Waals surface area contributed by atoms with Gasteiger partial charge in [-0.2, -0.15) is 5.26 Å². The van der Waals surface area contributed by atoms with E-state index in [-0.39, 0.29) is 17.9 Å². The molecule has 0 radical (unpaired) electrons. The summed E-state index contributed by atoms with van der Waals surface area (Å²) in [6.45, 7) is 1.94. The van der Waals surface area contributed by atoms with Gasteiger partial charge in [-0.05, 0) is 43.5 Å². The Bertz CT molecular complexity index is 929. The van der Waals surface area contributed by atoms with E-state index in [0.717, 1.165) is 24.0 Å². The number of nitrogens with zero attached hydrogens (tertiary/aromatic N) is 2. The van der Waals surface area contributed by atoms with Crippen LogP contribution in [0.15, 0.2) is 53.4 Å². The van der Waals surface area contributed by atoms with Gasteiger partial charge in [0.2, 0.25) is 0 Å². The fourth-order valence-corrected chi connectivity index (χ4v) is 5.60. The lowest BCUT2D eigenvalue weighted by molar-refractivity contribution is 0.229. The number of benzene rings is 2. The van der Waals surface area contributed by atoms with Gasteiger partial charge in [-0.3, -0.25) is 4.31 Å². The first-order chi connectivity index (χ1) is 11.5. The van der Waals surface area contributed by atoms with E-state index in [0.29, 0.717) is 10.6 Å². The number of nitriles is 1. The fourth-order valence-electron chi connectivity index (χ4n) is 3.85. The molecule has 122 valence electrons. The van der Waals surface area contributed by atoms with Gasteiger partial charge in [-0.15, -0.1) is 0 Å². The van der Waals surface area contributed by atoms with Crippen molar-refractivity contribution < 1.29 is 8.42 Å². The zero-order valence-electron chi connectivity index (χ0n) is 13.4. The molecule has 0 saturated heterocycles. The zero-order chi connectivity index (χ0) is 16.9. The van der Waals surface area contributed by atoms with Crippen LogP contribution in [-0.4, -0.2) is 14.5 Å². The maximum Gasteiger partial charge on any atom is 0.264 e. The molecule has 0 bridgehead atoms. The highest BCUT2D eigenvalue weighted by molar-refractivity contribution is 7.92. The number of aryl methyl sites for hydroxylation is 1. The summed E-state index contributed by atoms with van der Waals surface area (Å²) in [5.41, 5.74) is 2.52. The molecule has 0 spiro atoms. The quantitative estimate of drug-likeness (QED) is 0.841. The number of para-hydroxylation sites is 1. The van der Waals surface area contributed by atoms with Gasteiger partial charge in [-0.25, -0.2) is 8.42 Å². The van der Waals surface area contributed by atoms with Crippen LogP contribution in [0.4, 0.5) is 5.69 Å². The zero-order valence-corrected chi connectivity index (χ0v) is 14.2. The Balaban J connectivity index is 1.88.